The van der Waals surface area contributed by atoms with Crippen molar-refractivity contribution in [1.82, 2.24) is 0 Å². The SMILES string of the molecule is CC(=O)O[C@H]1CCC2C3C(CCCCCO[Si](C)(C)C(C)(C)C)CC4=CC(=O)CCC4C3CC[C@@]21C. The van der Waals surface area contributed by atoms with Gasteiger partial charge >= 0.3 is 5.97 Å². The number of carbonyl (C=O) groups is 2. The van der Waals surface area contributed by atoms with Crippen LogP contribution in [-0.2, 0) is 18.8 Å². The number of rotatable bonds is 8. The molecule has 204 valence electrons. The van der Waals surface area contributed by atoms with Gasteiger partial charge < -0.3 is 9.16 Å². The first kappa shape index (κ1) is 28.1. The average molecular weight is 517 g/mol. The van der Waals surface area contributed by atoms with E-state index in [0.29, 0.717) is 35.4 Å². The Morgan fingerprint density at radius 3 is 2.56 bits per heavy atom. The van der Waals surface area contributed by atoms with Crippen LogP contribution >= 0.6 is 0 Å². The second-order valence-corrected chi connectivity index (χ2v) is 19.1. The molecule has 0 amide bonds. The molecule has 4 nitrogen and oxygen atoms in total. The maximum atomic E-state index is 12.3. The summed E-state index contributed by atoms with van der Waals surface area (Å²) in [6, 6.07) is 0. The fourth-order valence-corrected chi connectivity index (χ4v) is 9.34. The molecule has 0 aromatic heterocycles. The molecule has 3 saturated carbocycles. The molecule has 7 atom stereocenters. The van der Waals surface area contributed by atoms with E-state index in [-0.39, 0.29) is 22.5 Å². The Morgan fingerprint density at radius 2 is 1.86 bits per heavy atom. The Morgan fingerprint density at radius 1 is 1.11 bits per heavy atom. The minimum absolute atomic E-state index is 0.0824. The standard InChI is InChI=1S/C31H52O4Si/c1-21(32)35-28-15-14-27-29-22(11-9-8-10-18-34-36(6,7)30(2,3)4)19-23-20-24(33)12-13-25(23)26(29)16-17-31(27,28)5/h20,22,25-29H,8-19H2,1-7H3/t22?,25?,26?,27?,28-,29?,31-/m0/s1. The van der Waals surface area contributed by atoms with E-state index in [1.165, 1.54) is 37.7 Å². The van der Waals surface area contributed by atoms with E-state index in [9.17, 15) is 9.59 Å². The molecule has 4 aliphatic carbocycles. The molecule has 0 aliphatic heterocycles. The highest BCUT2D eigenvalue weighted by Crippen LogP contribution is 2.64. The van der Waals surface area contributed by atoms with Crippen molar-refractivity contribution in [3.8, 4) is 0 Å². The van der Waals surface area contributed by atoms with E-state index in [1.807, 2.05) is 6.08 Å². The molecule has 36 heavy (non-hydrogen) atoms. The summed E-state index contributed by atoms with van der Waals surface area (Å²) in [5.74, 6) is 3.55. The molecule has 5 unspecified atom stereocenters. The third-order valence-electron chi connectivity index (χ3n) is 11.2. The Kier molecular flexibility index (Phi) is 8.32. The minimum atomic E-state index is -1.66. The van der Waals surface area contributed by atoms with Gasteiger partial charge in [-0.2, -0.15) is 0 Å². The Balaban J connectivity index is 1.42. The second-order valence-electron chi connectivity index (χ2n) is 14.3. The molecule has 5 heteroatoms. The molecular weight excluding hydrogens is 464 g/mol. The number of fused-ring (bicyclic) bond motifs is 5. The molecule has 0 aromatic rings. The smallest absolute Gasteiger partial charge is 0.302 e. The van der Waals surface area contributed by atoms with Crippen molar-refractivity contribution in [1.29, 1.82) is 0 Å². The zero-order chi connectivity index (χ0) is 26.3. The molecule has 3 fully saturated rings. The van der Waals surface area contributed by atoms with Gasteiger partial charge in [-0.3, -0.25) is 9.59 Å². The van der Waals surface area contributed by atoms with Gasteiger partial charge in [-0.1, -0.05) is 46.1 Å². The summed E-state index contributed by atoms with van der Waals surface area (Å²) in [7, 11) is -1.66. The highest BCUT2D eigenvalue weighted by Gasteiger charge is 2.59. The van der Waals surface area contributed by atoms with Crippen LogP contribution in [0.25, 0.3) is 0 Å². The number of unbranched alkanes of at least 4 members (excludes halogenated alkanes) is 2. The highest BCUT2D eigenvalue weighted by molar-refractivity contribution is 6.74. The van der Waals surface area contributed by atoms with Gasteiger partial charge in [0.05, 0.1) is 0 Å². The summed E-state index contributed by atoms with van der Waals surface area (Å²) < 4.78 is 12.3. The monoisotopic (exact) mass is 516 g/mol. The molecule has 0 radical (unpaired) electrons. The summed E-state index contributed by atoms with van der Waals surface area (Å²) in [5.41, 5.74) is 1.59. The molecule has 0 saturated heterocycles. The lowest BCUT2D eigenvalue weighted by molar-refractivity contribution is -0.157. The van der Waals surface area contributed by atoms with Gasteiger partial charge in [-0.25, -0.2) is 0 Å². The summed E-state index contributed by atoms with van der Waals surface area (Å²) in [6.45, 7) is 16.5. The zero-order valence-electron chi connectivity index (χ0n) is 24.2. The lowest BCUT2D eigenvalue weighted by atomic mass is 9.49. The largest absolute Gasteiger partial charge is 0.462 e. The van der Waals surface area contributed by atoms with Crippen LogP contribution in [0, 0.1) is 35.0 Å². The maximum Gasteiger partial charge on any atom is 0.302 e. The molecular formula is C31H52O4Si. The molecule has 0 N–H and O–H groups in total. The fraction of sp³-hybridized carbons (Fsp3) is 0.871. The minimum Gasteiger partial charge on any atom is -0.462 e. The van der Waals surface area contributed by atoms with Crippen molar-refractivity contribution in [2.24, 2.45) is 35.0 Å². The van der Waals surface area contributed by atoms with E-state index in [4.69, 9.17) is 9.16 Å². The normalized spacial score (nSPS) is 36.5. The van der Waals surface area contributed by atoms with Crippen LogP contribution in [0.2, 0.25) is 18.1 Å². The van der Waals surface area contributed by atoms with Gasteiger partial charge in [0.15, 0.2) is 14.1 Å². The molecule has 4 rings (SSSR count). The van der Waals surface area contributed by atoms with E-state index in [0.717, 1.165) is 45.1 Å². The second kappa shape index (κ2) is 10.7. The van der Waals surface area contributed by atoms with Crippen LogP contribution in [0.4, 0.5) is 0 Å². The van der Waals surface area contributed by atoms with Crippen LogP contribution in [0.1, 0.15) is 105 Å². The molecule has 0 bridgehead atoms. The first-order chi connectivity index (χ1) is 16.8. The predicted molar refractivity (Wildman–Crippen MR) is 148 cm³/mol. The van der Waals surface area contributed by atoms with Crippen molar-refractivity contribution in [2.75, 3.05) is 6.61 Å². The van der Waals surface area contributed by atoms with Crippen LogP contribution in [0.5, 0.6) is 0 Å². The van der Waals surface area contributed by atoms with E-state index >= 15 is 0 Å². The quantitative estimate of drug-likeness (QED) is 0.187. The summed E-state index contributed by atoms with van der Waals surface area (Å²) in [6.07, 6.45) is 14.5. The summed E-state index contributed by atoms with van der Waals surface area (Å²) >= 11 is 0. The Hall–Kier alpha value is -0.943. The number of ether oxygens (including phenoxy) is 1. The van der Waals surface area contributed by atoms with Gasteiger partial charge in [0.1, 0.15) is 6.10 Å². The number of hydrogen-bond donors (Lipinski definition) is 0. The van der Waals surface area contributed by atoms with Crippen LogP contribution in [-0.4, -0.2) is 32.8 Å². The van der Waals surface area contributed by atoms with Gasteiger partial charge in [0.2, 0.25) is 0 Å². The molecule has 0 aromatic carbocycles. The van der Waals surface area contributed by atoms with Crippen molar-refractivity contribution in [3.63, 3.8) is 0 Å². The third-order valence-corrected chi connectivity index (χ3v) is 15.7. The van der Waals surface area contributed by atoms with Gasteiger partial charge in [-0.05, 0) is 105 Å². The van der Waals surface area contributed by atoms with Crippen molar-refractivity contribution >= 4 is 20.1 Å². The maximum absolute atomic E-state index is 12.3. The number of ketones is 1. The molecule has 4 aliphatic rings. The van der Waals surface area contributed by atoms with Crippen molar-refractivity contribution < 1.29 is 18.8 Å². The topological polar surface area (TPSA) is 52.6 Å². The fourth-order valence-electron chi connectivity index (χ4n) is 8.25. The van der Waals surface area contributed by atoms with E-state index in [1.54, 1.807) is 6.92 Å². The lowest BCUT2D eigenvalue weighted by Crippen LogP contribution is -2.51. The lowest BCUT2D eigenvalue weighted by Gasteiger charge is -2.56. The van der Waals surface area contributed by atoms with Gasteiger partial charge in [-0.15, -0.1) is 0 Å². The van der Waals surface area contributed by atoms with E-state index in [2.05, 4.69) is 40.8 Å². The zero-order valence-corrected chi connectivity index (χ0v) is 25.2. The average Bonchev–Trinajstić information content (AvgIpc) is 3.10. The number of allylic oxidation sites excluding steroid dienone is 1. The van der Waals surface area contributed by atoms with Crippen molar-refractivity contribution in [3.05, 3.63) is 11.6 Å². The first-order valence-electron chi connectivity index (χ1n) is 14.9. The third kappa shape index (κ3) is 5.58. The van der Waals surface area contributed by atoms with Gasteiger partial charge in [0, 0.05) is 25.4 Å². The number of carbonyl (C=O) groups excluding carboxylic acids is 2. The van der Waals surface area contributed by atoms with Gasteiger partial charge in [0.25, 0.3) is 0 Å². The summed E-state index contributed by atoms with van der Waals surface area (Å²) in [5, 5.41) is 0.269. The van der Waals surface area contributed by atoms with E-state index < -0.39 is 8.32 Å². The van der Waals surface area contributed by atoms with Crippen LogP contribution in [0.3, 0.4) is 0 Å². The molecule has 0 spiro atoms. The van der Waals surface area contributed by atoms with Crippen molar-refractivity contribution in [2.45, 2.75) is 129 Å². The van der Waals surface area contributed by atoms with Crippen LogP contribution < -0.4 is 0 Å². The Labute approximate surface area is 221 Å². The number of hydrogen-bond acceptors (Lipinski definition) is 4. The first-order valence-corrected chi connectivity index (χ1v) is 17.8. The highest BCUT2D eigenvalue weighted by atomic mass is 28.4. The number of esters is 1. The molecule has 0 heterocycles. The Bertz CT molecular complexity index is 855. The predicted octanol–water partition coefficient (Wildman–Crippen LogP) is 7.87. The summed E-state index contributed by atoms with van der Waals surface area (Å²) in [4.78, 5) is 24.2. The van der Waals surface area contributed by atoms with Crippen LogP contribution in [0.15, 0.2) is 11.6 Å².